The van der Waals surface area contributed by atoms with Crippen LogP contribution >= 0.6 is 15.9 Å². The van der Waals surface area contributed by atoms with Crippen LogP contribution in [0.2, 0.25) is 0 Å². The molecule has 0 aliphatic rings. The minimum absolute atomic E-state index is 0.495. The molecule has 25 heavy (non-hydrogen) atoms. The molecule has 1 heterocycles. The third-order valence-electron chi connectivity index (χ3n) is 3.95. The SMILES string of the molecule is Cc1ccc2oc(-c3cc(Br)ccc3OCc3ccccc3)nc2c1. The molecule has 0 N–H and O–H groups in total. The van der Waals surface area contributed by atoms with E-state index in [4.69, 9.17) is 9.15 Å². The second-order valence-electron chi connectivity index (χ2n) is 5.90. The smallest absolute Gasteiger partial charge is 0.231 e. The van der Waals surface area contributed by atoms with Gasteiger partial charge in [0, 0.05) is 4.47 Å². The molecule has 1 aromatic heterocycles. The maximum Gasteiger partial charge on any atom is 0.231 e. The largest absolute Gasteiger partial charge is 0.488 e. The first kappa shape index (κ1) is 15.9. The van der Waals surface area contributed by atoms with Crippen molar-refractivity contribution in [1.82, 2.24) is 4.98 Å². The normalized spacial score (nSPS) is 11.0. The third-order valence-corrected chi connectivity index (χ3v) is 4.45. The van der Waals surface area contributed by atoms with E-state index >= 15 is 0 Å². The molecule has 4 rings (SSSR count). The van der Waals surface area contributed by atoms with Crippen LogP contribution in [0, 0.1) is 6.92 Å². The Kier molecular flexibility index (Phi) is 4.28. The lowest BCUT2D eigenvalue weighted by Crippen LogP contribution is -1.97. The van der Waals surface area contributed by atoms with Crippen molar-refractivity contribution in [2.75, 3.05) is 0 Å². The molecular weight excluding hydrogens is 378 g/mol. The molecule has 0 fully saturated rings. The van der Waals surface area contributed by atoms with Gasteiger partial charge in [0.1, 0.15) is 17.9 Å². The second-order valence-corrected chi connectivity index (χ2v) is 6.82. The Morgan fingerprint density at radius 3 is 2.68 bits per heavy atom. The average molecular weight is 394 g/mol. The Balaban J connectivity index is 1.71. The van der Waals surface area contributed by atoms with Crippen molar-refractivity contribution < 1.29 is 9.15 Å². The number of nitrogens with zero attached hydrogens (tertiary/aromatic N) is 1. The number of aryl methyl sites for hydroxylation is 1. The molecule has 0 amide bonds. The molecule has 0 saturated heterocycles. The van der Waals surface area contributed by atoms with Gasteiger partial charge in [-0.05, 0) is 48.4 Å². The van der Waals surface area contributed by atoms with Crippen molar-refractivity contribution in [3.8, 4) is 17.2 Å². The summed E-state index contributed by atoms with van der Waals surface area (Å²) in [5, 5.41) is 0. The second kappa shape index (κ2) is 6.73. The zero-order chi connectivity index (χ0) is 17.2. The fraction of sp³-hybridized carbons (Fsp3) is 0.0952. The number of rotatable bonds is 4. The fourth-order valence-corrected chi connectivity index (χ4v) is 3.04. The van der Waals surface area contributed by atoms with Gasteiger partial charge >= 0.3 is 0 Å². The molecule has 3 aromatic carbocycles. The first-order valence-electron chi connectivity index (χ1n) is 8.03. The summed E-state index contributed by atoms with van der Waals surface area (Å²) in [6, 6.07) is 21.9. The van der Waals surface area contributed by atoms with Gasteiger partial charge in [0.2, 0.25) is 5.89 Å². The number of benzene rings is 3. The first-order valence-corrected chi connectivity index (χ1v) is 8.82. The summed E-state index contributed by atoms with van der Waals surface area (Å²) in [7, 11) is 0. The predicted molar refractivity (Wildman–Crippen MR) is 103 cm³/mol. The van der Waals surface area contributed by atoms with Crippen LogP contribution in [-0.4, -0.2) is 4.98 Å². The van der Waals surface area contributed by atoms with E-state index in [1.807, 2.05) is 73.7 Å². The maximum atomic E-state index is 6.03. The minimum atomic E-state index is 0.495. The quantitative estimate of drug-likeness (QED) is 0.417. The highest BCUT2D eigenvalue weighted by molar-refractivity contribution is 9.10. The number of fused-ring (bicyclic) bond motifs is 1. The number of oxazole rings is 1. The van der Waals surface area contributed by atoms with Gasteiger partial charge in [-0.25, -0.2) is 4.98 Å². The van der Waals surface area contributed by atoms with Crippen molar-refractivity contribution in [3.05, 3.63) is 82.3 Å². The van der Waals surface area contributed by atoms with Crippen LogP contribution < -0.4 is 4.74 Å². The maximum absolute atomic E-state index is 6.03. The number of hydrogen-bond donors (Lipinski definition) is 0. The molecule has 0 radical (unpaired) electrons. The highest BCUT2D eigenvalue weighted by Gasteiger charge is 2.14. The molecule has 0 unspecified atom stereocenters. The van der Waals surface area contributed by atoms with Crippen molar-refractivity contribution in [3.63, 3.8) is 0 Å². The Bertz CT molecular complexity index is 1020. The molecule has 124 valence electrons. The van der Waals surface area contributed by atoms with Gasteiger partial charge in [0.05, 0.1) is 5.56 Å². The van der Waals surface area contributed by atoms with Crippen molar-refractivity contribution in [2.45, 2.75) is 13.5 Å². The van der Waals surface area contributed by atoms with Crippen LogP contribution in [0.15, 0.2) is 75.6 Å². The van der Waals surface area contributed by atoms with E-state index in [1.165, 1.54) is 0 Å². The molecule has 3 nitrogen and oxygen atoms in total. The number of ether oxygens (including phenoxy) is 1. The third kappa shape index (κ3) is 3.44. The summed E-state index contributed by atoms with van der Waals surface area (Å²) < 4.78 is 12.9. The molecule has 4 aromatic rings. The standard InChI is InChI=1S/C21H16BrNO2/c1-14-7-9-20-18(11-14)23-21(25-20)17-12-16(22)8-10-19(17)24-13-15-5-3-2-4-6-15/h2-12H,13H2,1H3. The van der Waals surface area contributed by atoms with Crippen LogP contribution in [0.3, 0.4) is 0 Å². The van der Waals surface area contributed by atoms with Crippen molar-refractivity contribution in [2.24, 2.45) is 0 Å². The molecular formula is C21H16BrNO2. The summed E-state index contributed by atoms with van der Waals surface area (Å²) in [5.41, 5.74) is 4.73. The number of halogens is 1. The van der Waals surface area contributed by atoms with E-state index in [9.17, 15) is 0 Å². The summed E-state index contributed by atoms with van der Waals surface area (Å²) in [5.74, 6) is 1.31. The highest BCUT2D eigenvalue weighted by atomic mass is 79.9. The van der Waals surface area contributed by atoms with Crippen LogP contribution in [0.1, 0.15) is 11.1 Å². The first-order chi connectivity index (χ1) is 12.2. The zero-order valence-corrected chi connectivity index (χ0v) is 15.3. The van der Waals surface area contributed by atoms with Crippen LogP contribution in [0.5, 0.6) is 5.75 Å². The van der Waals surface area contributed by atoms with Crippen LogP contribution in [0.4, 0.5) is 0 Å². The molecule has 0 aliphatic heterocycles. The summed E-state index contributed by atoms with van der Waals surface area (Å²) in [6.45, 7) is 2.54. The van der Waals surface area contributed by atoms with Gasteiger partial charge in [-0.2, -0.15) is 0 Å². The topological polar surface area (TPSA) is 35.3 Å². The Hall–Kier alpha value is -2.59. The molecule has 0 spiro atoms. The monoisotopic (exact) mass is 393 g/mol. The van der Waals surface area contributed by atoms with E-state index < -0.39 is 0 Å². The zero-order valence-electron chi connectivity index (χ0n) is 13.7. The fourth-order valence-electron chi connectivity index (χ4n) is 2.68. The van der Waals surface area contributed by atoms with Gasteiger partial charge in [-0.15, -0.1) is 0 Å². The lowest BCUT2D eigenvalue weighted by Gasteiger charge is -2.10. The Labute approximate surface area is 154 Å². The Morgan fingerprint density at radius 1 is 1.00 bits per heavy atom. The molecule has 0 saturated carbocycles. The van der Waals surface area contributed by atoms with Gasteiger partial charge < -0.3 is 9.15 Å². The van der Waals surface area contributed by atoms with Gasteiger partial charge in [0.15, 0.2) is 5.58 Å². The van der Waals surface area contributed by atoms with E-state index in [0.29, 0.717) is 12.5 Å². The summed E-state index contributed by atoms with van der Waals surface area (Å²) in [4.78, 5) is 4.63. The summed E-state index contributed by atoms with van der Waals surface area (Å²) >= 11 is 3.52. The molecule has 4 heteroatoms. The Morgan fingerprint density at radius 2 is 1.84 bits per heavy atom. The van der Waals surface area contributed by atoms with E-state index in [1.54, 1.807) is 0 Å². The molecule has 0 atom stereocenters. The summed E-state index contributed by atoms with van der Waals surface area (Å²) in [6.07, 6.45) is 0. The lowest BCUT2D eigenvalue weighted by atomic mass is 10.2. The van der Waals surface area contributed by atoms with E-state index in [0.717, 1.165) is 38.0 Å². The molecule has 0 bridgehead atoms. The predicted octanol–water partition coefficient (Wildman–Crippen LogP) is 6.14. The van der Waals surface area contributed by atoms with Crippen LogP contribution in [-0.2, 0) is 6.61 Å². The number of hydrogen-bond acceptors (Lipinski definition) is 3. The highest BCUT2D eigenvalue weighted by Crippen LogP contribution is 2.34. The molecule has 0 aliphatic carbocycles. The van der Waals surface area contributed by atoms with Crippen LogP contribution in [0.25, 0.3) is 22.6 Å². The number of aromatic nitrogens is 1. The van der Waals surface area contributed by atoms with E-state index in [2.05, 4.69) is 20.9 Å². The lowest BCUT2D eigenvalue weighted by molar-refractivity contribution is 0.306. The average Bonchev–Trinajstić information content (AvgIpc) is 3.04. The van der Waals surface area contributed by atoms with Crippen molar-refractivity contribution >= 4 is 27.0 Å². The van der Waals surface area contributed by atoms with Crippen molar-refractivity contribution in [1.29, 1.82) is 0 Å². The van der Waals surface area contributed by atoms with Gasteiger partial charge in [-0.1, -0.05) is 52.3 Å². The van der Waals surface area contributed by atoms with E-state index in [-0.39, 0.29) is 0 Å². The minimum Gasteiger partial charge on any atom is -0.488 e. The van der Waals surface area contributed by atoms with Gasteiger partial charge in [0.25, 0.3) is 0 Å². The van der Waals surface area contributed by atoms with Gasteiger partial charge in [-0.3, -0.25) is 0 Å².